The normalized spacial score (nSPS) is 15.2. The second-order valence-electron chi connectivity index (χ2n) is 8.87. The van der Waals surface area contributed by atoms with Crippen molar-refractivity contribution < 1.29 is 13.2 Å². The largest absolute Gasteiger partial charge is 0.477 e. The smallest absolute Gasteiger partial charge is 0.316 e. The summed E-state index contributed by atoms with van der Waals surface area (Å²) in [6, 6.07) is 27.0. The van der Waals surface area contributed by atoms with Crippen LogP contribution in [-0.4, -0.2) is 55.2 Å². The first-order valence-electron chi connectivity index (χ1n) is 12.4. The fourth-order valence-electron chi connectivity index (χ4n) is 4.49. The lowest BCUT2D eigenvalue weighted by molar-refractivity contribution is 0.209. The highest BCUT2D eigenvalue weighted by molar-refractivity contribution is 7.89. The number of nitrogens with two attached hydrogens (primary N) is 1. The molecule has 1 atom stereocenters. The Morgan fingerprint density at radius 1 is 0.842 bits per heavy atom. The summed E-state index contributed by atoms with van der Waals surface area (Å²) in [5.74, 6) is 0.127. The van der Waals surface area contributed by atoms with Gasteiger partial charge in [0.05, 0.1) is 16.8 Å². The van der Waals surface area contributed by atoms with Crippen molar-refractivity contribution in [3.63, 3.8) is 0 Å². The summed E-state index contributed by atoms with van der Waals surface area (Å²) in [4.78, 5) is 15.9. The number of sulfonamides is 1. The Labute approximate surface area is 221 Å². The molecule has 9 nitrogen and oxygen atoms in total. The van der Waals surface area contributed by atoms with Gasteiger partial charge in [0.2, 0.25) is 15.8 Å². The first kappa shape index (κ1) is 25.7. The van der Waals surface area contributed by atoms with Gasteiger partial charge in [-0.25, -0.2) is 8.42 Å². The van der Waals surface area contributed by atoms with Crippen molar-refractivity contribution in [1.29, 1.82) is 0 Å². The molecule has 0 bridgehead atoms. The van der Waals surface area contributed by atoms with Gasteiger partial charge < -0.3 is 15.4 Å². The van der Waals surface area contributed by atoms with Crippen molar-refractivity contribution in [2.45, 2.75) is 11.0 Å². The zero-order chi connectivity index (χ0) is 26.5. The molecule has 5 rings (SSSR count). The Morgan fingerprint density at radius 2 is 1.42 bits per heavy atom. The molecule has 10 heteroatoms. The molecule has 0 spiro atoms. The first-order chi connectivity index (χ1) is 18.5. The van der Waals surface area contributed by atoms with E-state index in [2.05, 4.69) is 5.10 Å². The number of anilines is 1. The quantitative estimate of drug-likeness (QED) is 0.372. The molecule has 0 radical (unpaired) electrons. The van der Waals surface area contributed by atoms with E-state index in [-0.39, 0.29) is 30.3 Å². The van der Waals surface area contributed by atoms with Crippen molar-refractivity contribution in [2.75, 3.05) is 37.6 Å². The van der Waals surface area contributed by atoms with Gasteiger partial charge in [-0.3, -0.25) is 4.79 Å². The highest BCUT2D eigenvalue weighted by atomic mass is 32.2. The molecule has 0 aliphatic carbocycles. The van der Waals surface area contributed by atoms with Crippen LogP contribution in [0.1, 0.15) is 11.7 Å². The Hall–Kier alpha value is -3.99. The molecule has 1 unspecified atom stereocenters. The highest BCUT2D eigenvalue weighted by Gasteiger charge is 2.31. The molecule has 38 heavy (non-hydrogen) atoms. The number of para-hydroxylation sites is 1. The molecule has 2 N–H and O–H groups in total. The third-order valence-corrected chi connectivity index (χ3v) is 8.43. The van der Waals surface area contributed by atoms with E-state index in [0.29, 0.717) is 24.5 Å². The molecule has 1 aliphatic rings. The Balaban J connectivity index is 1.47. The summed E-state index contributed by atoms with van der Waals surface area (Å²) in [6.07, 6.45) is 1.05. The van der Waals surface area contributed by atoms with Gasteiger partial charge in [-0.05, 0) is 29.8 Å². The summed E-state index contributed by atoms with van der Waals surface area (Å²) in [5, 5.41) is 4.42. The van der Waals surface area contributed by atoms with Crippen LogP contribution >= 0.6 is 0 Å². The number of nitrogens with zero attached hydrogens (tertiary/aromatic N) is 4. The summed E-state index contributed by atoms with van der Waals surface area (Å²) in [6.45, 7) is 1.43. The van der Waals surface area contributed by atoms with Crippen LogP contribution in [0.4, 0.5) is 5.69 Å². The summed E-state index contributed by atoms with van der Waals surface area (Å²) in [5.41, 5.74) is 7.62. The number of ether oxygens (including phenoxy) is 1. The summed E-state index contributed by atoms with van der Waals surface area (Å²) >= 11 is 0. The number of hydrogen-bond donors (Lipinski definition) is 1. The van der Waals surface area contributed by atoms with E-state index in [1.165, 1.54) is 8.99 Å². The van der Waals surface area contributed by atoms with E-state index in [4.69, 9.17) is 10.5 Å². The molecular weight excluding hydrogens is 502 g/mol. The third kappa shape index (κ3) is 5.19. The maximum Gasteiger partial charge on any atom is 0.316 e. The molecular formula is C28H29N5O4S. The predicted molar refractivity (Wildman–Crippen MR) is 146 cm³/mol. The third-order valence-electron chi connectivity index (χ3n) is 6.52. The maximum absolute atomic E-state index is 13.7. The number of benzene rings is 3. The van der Waals surface area contributed by atoms with E-state index < -0.39 is 21.7 Å². The fraction of sp³-hybridized carbons (Fsp3) is 0.214. The van der Waals surface area contributed by atoms with E-state index >= 15 is 0 Å². The van der Waals surface area contributed by atoms with Gasteiger partial charge in [-0.1, -0.05) is 66.7 Å². The summed E-state index contributed by atoms with van der Waals surface area (Å²) < 4.78 is 35.3. The Kier molecular flexibility index (Phi) is 7.54. The van der Waals surface area contributed by atoms with Crippen molar-refractivity contribution >= 4 is 15.7 Å². The van der Waals surface area contributed by atoms with Crippen molar-refractivity contribution in [3.8, 4) is 11.4 Å². The van der Waals surface area contributed by atoms with Crippen LogP contribution < -0.4 is 20.9 Å². The number of rotatable bonds is 8. The van der Waals surface area contributed by atoms with Gasteiger partial charge in [-0.2, -0.15) is 14.1 Å². The van der Waals surface area contributed by atoms with Gasteiger partial charge in [-0.15, -0.1) is 0 Å². The minimum absolute atomic E-state index is 0.127. The fourth-order valence-corrected chi connectivity index (χ4v) is 5.93. The van der Waals surface area contributed by atoms with Crippen molar-refractivity contribution in [3.05, 3.63) is 113 Å². The minimum atomic E-state index is -3.61. The van der Waals surface area contributed by atoms with E-state index in [0.717, 1.165) is 5.56 Å². The van der Waals surface area contributed by atoms with Crippen LogP contribution in [0.15, 0.2) is 107 Å². The second kappa shape index (κ2) is 11.2. The molecule has 2 heterocycles. The monoisotopic (exact) mass is 531 g/mol. The first-order valence-corrected chi connectivity index (χ1v) is 13.8. The minimum Gasteiger partial charge on any atom is -0.477 e. The lowest BCUT2D eigenvalue weighted by Gasteiger charge is -2.36. The molecule has 1 saturated heterocycles. The highest BCUT2D eigenvalue weighted by Crippen LogP contribution is 2.30. The van der Waals surface area contributed by atoms with Crippen molar-refractivity contribution in [1.82, 2.24) is 14.1 Å². The average molecular weight is 532 g/mol. The van der Waals surface area contributed by atoms with Crippen LogP contribution in [0.2, 0.25) is 0 Å². The van der Waals surface area contributed by atoms with Crippen LogP contribution in [0, 0.1) is 0 Å². The molecule has 1 aromatic heterocycles. The lowest BCUT2D eigenvalue weighted by atomic mass is 10.1. The van der Waals surface area contributed by atoms with E-state index in [1.54, 1.807) is 48.7 Å². The second-order valence-corrected chi connectivity index (χ2v) is 10.8. The van der Waals surface area contributed by atoms with Crippen LogP contribution in [0.3, 0.4) is 0 Å². The van der Waals surface area contributed by atoms with Crippen LogP contribution in [0.5, 0.6) is 5.75 Å². The number of hydrogen-bond acceptors (Lipinski definition) is 7. The zero-order valence-corrected chi connectivity index (χ0v) is 21.6. The standard InChI is InChI=1S/C28H29N5O4S/c29-20-26(22-10-4-1-5-11-22)37-27-25(21-30-33(28(27)34)23-12-6-2-7-13-23)31-16-18-32(19-17-31)38(35,36)24-14-8-3-9-15-24/h1-15,21,26H,16-20,29H2. The molecule has 1 fully saturated rings. The lowest BCUT2D eigenvalue weighted by Crippen LogP contribution is -2.49. The average Bonchev–Trinajstić information content (AvgIpc) is 2.98. The molecule has 4 aromatic rings. The van der Waals surface area contributed by atoms with Gasteiger partial charge in [0.15, 0.2) is 0 Å². The number of aromatic nitrogens is 2. The van der Waals surface area contributed by atoms with E-state index in [9.17, 15) is 13.2 Å². The van der Waals surface area contributed by atoms with E-state index in [1.807, 2.05) is 53.4 Å². The Bertz CT molecular complexity index is 1520. The topological polar surface area (TPSA) is 111 Å². The molecule has 0 saturated carbocycles. The zero-order valence-electron chi connectivity index (χ0n) is 20.8. The van der Waals surface area contributed by atoms with Crippen LogP contribution in [-0.2, 0) is 10.0 Å². The van der Waals surface area contributed by atoms with Gasteiger partial charge in [0.25, 0.3) is 0 Å². The molecule has 196 valence electrons. The predicted octanol–water partition coefficient (Wildman–Crippen LogP) is 2.82. The number of piperazine rings is 1. The van der Waals surface area contributed by atoms with Gasteiger partial charge in [0, 0.05) is 32.7 Å². The van der Waals surface area contributed by atoms with Gasteiger partial charge in [0.1, 0.15) is 11.8 Å². The SMILES string of the molecule is NCC(Oc1c(N2CCN(S(=O)(=O)c3ccccc3)CC2)cnn(-c2ccccc2)c1=O)c1ccccc1. The molecule has 3 aromatic carbocycles. The molecule has 1 aliphatic heterocycles. The Morgan fingerprint density at radius 3 is 2.03 bits per heavy atom. The summed E-state index contributed by atoms with van der Waals surface area (Å²) in [7, 11) is -3.61. The van der Waals surface area contributed by atoms with Crippen LogP contribution in [0.25, 0.3) is 5.69 Å². The van der Waals surface area contributed by atoms with Crippen molar-refractivity contribution in [2.24, 2.45) is 5.73 Å². The maximum atomic E-state index is 13.7. The molecule has 0 amide bonds. The van der Waals surface area contributed by atoms with Gasteiger partial charge >= 0.3 is 5.56 Å².